The zero-order valence-corrected chi connectivity index (χ0v) is 13.2. The topological polar surface area (TPSA) is 85.3 Å². The van der Waals surface area contributed by atoms with E-state index < -0.39 is 11.4 Å². The fraction of sp³-hybridized carbons (Fsp3) is 0.562. The normalized spacial score (nSPS) is 28.7. The van der Waals surface area contributed by atoms with E-state index in [0.717, 1.165) is 36.2 Å². The second kappa shape index (κ2) is 5.19. The largest absolute Gasteiger partial charge is 0.481 e. The number of anilines is 1. The highest BCUT2D eigenvalue weighted by Gasteiger charge is 2.52. The average Bonchev–Trinajstić information content (AvgIpc) is 3.03. The van der Waals surface area contributed by atoms with Crippen LogP contribution in [0.1, 0.15) is 19.3 Å². The molecular weight excluding hydrogens is 294 g/mol. The third-order valence-corrected chi connectivity index (χ3v) is 5.58. The Kier molecular flexibility index (Phi) is 3.26. The smallest absolute Gasteiger partial charge is 0.311 e. The molecule has 23 heavy (non-hydrogen) atoms. The summed E-state index contributed by atoms with van der Waals surface area (Å²) in [6, 6.07) is 2.00. The minimum atomic E-state index is -0.650. The quantitative estimate of drug-likeness (QED) is 0.870. The van der Waals surface area contributed by atoms with Gasteiger partial charge in [-0.15, -0.1) is 0 Å². The number of H-pyrrole nitrogens is 1. The fourth-order valence-electron chi connectivity index (χ4n) is 4.29. The van der Waals surface area contributed by atoms with E-state index in [4.69, 9.17) is 0 Å². The lowest BCUT2D eigenvalue weighted by atomic mass is 9.68. The molecule has 2 atom stereocenters. The number of nitrogens with one attached hydrogen (secondary N) is 1. The molecule has 2 N–H and O–H groups in total. The molecule has 2 aliphatic heterocycles. The highest BCUT2D eigenvalue weighted by atomic mass is 16.4. The SMILES string of the molecule is CN1CCC[C@]2(C(=O)O)CCN(c3ncnc4[nH]ccc34)C[C@@H]12. The third-order valence-electron chi connectivity index (χ3n) is 5.58. The summed E-state index contributed by atoms with van der Waals surface area (Å²) in [5.41, 5.74) is 0.204. The van der Waals surface area contributed by atoms with Crippen LogP contribution in [0, 0.1) is 5.41 Å². The second-order valence-electron chi connectivity index (χ2n) is 6.69. The maximum Gasteiger partial charge on any atom is 0.311 e. The minimum Gasteiger partial charge on any atom is -0.481 e. The van der Waals surface area contributed by atoms with Gasteiger partial charge in [-0.1, -0.05) is 0 Å². The summed E-state index contributed by atoms with van der Waals surface area (Å²) in [6.45, 7) is 2.37. The number of piperidine rings is 2. The van der Waals surface area contributed by atoms with Crippen LogP contribution in [0.5, 0.6) is 0 Å². The van der Waals surface area contributed by atoms with Gasteiger partial charge in [0.1, 0.15) is 17.8 Å². The Hall–Kier alpha value is -2.15. The summed E-state index contributed by atoms with van der Waals surface area (Å²) in [5.74, 6) is 0.248. The van der Waals surface area contributed by atoms with Gasteiger partial charge in [-0.2, -0.15) is 0 Å². The molecule has 7 nitrogen and oxygen atoms in total. The second-order valence-corrected chi connectivity index (χ2v) is 6.69. The van der Waals surface area contributed by atoms with Gasteiger partial charge in [0.2, 0.25) is 0 Å². The van der Waals surface area contributed by atoms with Crippen molar-refractivity contribution >= 4 is 22.8 Å². The van der Waals surface area contributed by atoms with Gasteiger partial charge < -0.3 is 19.9 Å². The predicted molar refractivity (Wildman–Crippen MR) is 86.4 cm³/mol. The molecule has 2 aromatic heterocycles. The molecule has 0 unspecified atom stereocenters. The first-order valence-electron chi connectivity index (χ1n) is 8.08. The van der Waals surface area contributed by atoms with E-state index in [0.29, 0.717) is 19.5 Å². The number of aliphatic carboxylic acids is 1. The van der Waals surface area contributed by atoms with Crippen LogP contribution >= 0.6 is 0 Å². The first-order valence-corrected chi connectivity index (χ1v) is 8.08. The molecule has 0 aromatic carbocycles. The van der Waals surface area contributed by atoms with E-state index >= 15 is 0 Å². The maximum atomic E-state index is 12.0. The lowest BCUT2D eigenvalue weighted by Gasteiger charge is -2.52. The molecular formula is C16H21N5O2. The number of likely N-dealkylation sites (tertiary alicyclic amines) is 1. The number of aromatic amines is 1. The van der Waals surface area contributed by atoms with E-state index in [-0.39, 0.29) is 6.04 Å². The molecule has 0 bridgehead atoms. The van der Waals surface area contributed by atoms with Crippen molar-refractivity contribution in [2.75, 3.05) is 31.6 Å². The number of hydrogen-bond acceptors (Lipinski definition) is 5. The van der Waals surface area contributed by atoms with E-state index in [1.807, 2.05) is 19.3 Å². The van der Waals surface area contributed by atoms with E-state index in [2.05, 4.69) is 24.8 Å². The maximum absolute atomic E-state index is 12.0. The van der Waals surface area contributed by atoms with Gasteiger partial charge in [-0.3, -0.25) is 4.79 Å². The van der Waals surface area contributed by atoms with Crippen LogP contribution in [-0.4, -0.2) is 63.7 Å². The summed E-state index contributed by atoms with van der Waals surface area (Å²) in [5, 5.41) is 10.9. The molecule has 0 spiro atoms. The van der Waals surface area contributed by atoms with Crippen LogP contribution < -0.4 is 4.90 Å². The molecule has 0 amide bonds. The van der Waals surface area contributed by atoms with Crippen molar-refractivity contribution in [3.05, 3.63) is 18.6 Å². The zero-order valence-electron chi connectivity index (χ0n) is 13.2. The third kappa shape index (κ3) is 2.10. The van der Waals surface area contributed by atoms with Crippen molar-refractivity contribution in [1.29, 1.82) is 0 Å². The number of aromatic nitrogens is 3. The van der Waals surface area contributed by atoms with Crippen molar-refractivity contribution in [2.24, 2.45) is 5.41 Å². The van der Waals surface area contributed by atoms with Gasteiger partial charge in [-0.05, 0) is 38.9 Å². The Balaban J connectivity index is 1.69. The number of hydrogen-bond donors (Lipinski definition) is 2. The predicted octanol–water partition coefficient (Wildman–Crippen LogP) is 1.33. The molecule has 2 aromatic rings. The molecule has 122 valence electrons. The Morgan fingerprint density at radius 3 is 3.09 bits per heavy atom. The number of likely N-dealkylation sites (N-methyl/N-ethyl adjacent to an activating group) is 1. The molecule has 2 saturated heterocycles. The van der Waals surface area contributed by atoms with Crippen molar-refractivity contribution < 1.29 is 9.90 Å². The number of nitrogens with zero attached hydrogens (tertiary/aromatic N) is 4. The van der Waals surface area contributed by atoms with Crippen LogP contribution in [0.25, 0.3) is 11.0 Å². The van der Waals surface area contributed by atoms with Crippen LogP contribution in [0.3, 0.4) is 0 Å². The first kappa shape index (κ1) is 14.4. The summed E-state index contributed by atoms with van der Waals surface area (Å²) in [4.78, 5) is 28.2. The summed E-state index contributed by atoms with van der Waals surface area (Å²) < 4.78 is 0. The number of fused-ring (bicyclic) bond motifs is 2. The number of rotatable bonds is 2. The van der Waals surface area contributed by atoms with Crippen molar-refractivity contribution in [1.82, 2.24) is 19.9 Å². The first-order chi connectivity index (χ1) is 11.1. The molecule has 0 radical (unpaired) electrons. The highest BCUT2D eigenvalue weighted by molar-refractivity contribution is 5.87. The Morgan fingerprint density at radius 2 is 2.26 bits per heavy atom. The van der Waals surface area contributed by atoms with Crippen molar-refractivity contribution in [3.8, 4) is 0 Å². The summed E-state index contributed by atoms with van der Waals surface area (Å²) >= 11 is 0. The summed E-state index contributed by atoms with van der Waals surface area (Å²) in [7, 11) is 2.04. The Morgan fingerprint density at radius 1 is 1.39 bits per heavy atom. The van der Waals surface area contributed by atoms with Gasteiger partial charge in [0.05, 0.1) is 10.8 Å². The van der Waals surface area contributed by atoms with E-state index in [9.17, 15) is 9.90 Å². The van der Waals surface area contributed by atoms with Crippen molar-refractivity contribution in [3.63, 3.8) is 0 Å². The van der Waals surface area contributed by atoms with Crippen LogP contribution in [-0.2, 0) is 4.79 Å². The number of carboxylic acids is 1. The molecule has 2 aliphatic rings. The van der Waals surface area contributed by atoms with Gasteiger partial charge >= 0.3 is 5.97 Å². The molecule has 7 heteroatoms. The average molecular weight is 315 g/mol. The monoisotopic (exact) mass is 315 g/mol. The number of carbonyl (C=O) groups is 1. The Labute approximate surface area is 134 Å². The lowest BCUT2D eigenvalue weighted by Crippen LogP contribution is -2.63. The van der Waals surface area contributed by atoms with Gasteiger partial charge in [-0.25, -0.2) is 9.97 Å². The van der Waals surface area contributed by atoms with Crippen LogP contribution in [0.2, 0.25) is 0 Å². The molecule has 2 fully saturated rings. The molecule has 0 aliphatic carbocycles. The van der Waals surface area contributed by atoms with Gasteiger partial charge in [0.25, 0.3) is 0 Å². The minimum absolute atomic E-state index is 0.0199. The van der Waals surface area contributed by atoms with E-state index in [1.165, 1.54) is 0 Å². The van der Waals surface area contributed by atoms with Gasteiger partial charge in [0, 0.05) is 25.3 Å². The molecule has 0 saturated carbocycles. The molecule has 4 rings (SSSR count). The highest BCUT2D eigenvalue weighted by Crippen LogP contribution is 2.43. The Bertz CT molecular complexity index is 745. The number of carboxylic acid groups (broad SMARTS) is 1. The standard InChI is InChI=1S/C16H21N5O2/c1-20-7-2-4-16(15(22)23)5-8-21(9-12(16)20)14-11-3-6-17-13(11)18-10-19-14/h3,6,10,12H,2,4-5,7-9H2,1H3,(H,22,23)(H,17,18,19)/t12-,16+/m1/s1. The van der Waals surface area contributed by atoms with Crippen molar-refractivity contribution in [2.45, 2.75) is 25.3 Å². The summed E-state index contributed by atoms with van der Waals surface area (Å²) in [6.07, 6.45) is 5.81. The zero-order chi connectivity index (χ0) is 16.0. The van der Waals surface area contributed by atoms with Crippen LogP contribution in [0.15, 0.2) is 18.6 Å². The fourth-order valence-corrected chi connectivity index (χ4v) is 4.29. The lowest BCUT2D eigenvalue weighted by molar-refractivity contribution is -0.158. The van der Waals surface area contributed by atoms with Gasteiger partial charge in [0.15, 0.2) is 0 Å². The molecule has 4 heterocycles. The van der Waals surface area contributed by atoms with E-state index in [1.54, 1.807) is 6.33 Å². The van der Waals surface area contributed by atoms with Crippen LogP contribution in [0.4, 0.5) is 5.82 Å².